The highest BCUT2D eigenvalue weighted by Gasteiger charge is 2.62. The van der Waals surface area contributed by atoms with Crippen LogP contribution < -0.4 is 17.2 Å². The van der Waals surface area contributed by atoms with E-state index < -0.39 is 65.6 Å². The fourth-order valence-corrected chi connectivity index (χ4v) is 2.68. The molecule has 174 valence electrons. The Bertz CT molecular complexity index is 626. The zero-order valence-electron chi connectivity index (χ0n) is 15.9. The summed E-state index contributed by atoms with van der Waals surface area (Å²) in [6, 6.07) is -1.88. The fourth-order valence-electron chi connectivity index (χ4n) is 2.68. The van der Waals surface area contributed by atoms with Gasteiger partial charge in [-0.15, -0.1) is 0 Å². The molecular formula is C16H24F6N4O4. The number of rotatable bonds is 12. The lowest BCUT2D eigenvalue weighted by Crippen LogP contribution is -2.68. The molecule has 0 rings (SSSR count). The second-order valence-corrected chi connectivity index (χ2v) is 6.48. The molecule has 2 atom stereocenters. The number of carbonyl (C=O) groups excluding carboxylic acids is 4. The number of imide groups is 1. The normalized spacial score (nSPS) is 15.2. The molecule has 6 N–H and O–H groups in total. The predicted octanol–water partition coefficient (Wildman–Crippen LogP) is 0.558. The Morgan fingerprint density at radius 2 is 1.37 bits per heavy atom. The van der Waals surface area contributed by atoms with Gasteiger partial charge in [0.2, 0.25) is 5.91 Å². The van der Waals surface area contributed by atoms with Gasteiger partial charge in [-0.25, -0.2) is 0 Å². The maximum atomic E-state index is 13.2. The topological polar surface area (TPSA) is 150 Å². The molecule has 0 aliphatic heterocycles. The van der Waals surface area contributed by atoms with Gasteiger partial charge in [0.25, 0.3) is 5.78 Å². The maximum absolute atomic E-state index is 13.2. The van der Waals surface area contributed by atoms with Crippen LogP contribution in [0.2, 0.25) is 0 Å². The first-order valence-corrected chi connectivity index (χ1v) is 8.89. The largest absolute Gasteiger partial charge is 0.471 e. The van der Waals surface area contributed by atoms with Crippen LogP contribution in [-0.2, 0) is 19.2 Å². The molecule has 2 amide bonds. The van der Waals surface area contributed by atoms with Crippen molar-refractivity contribution in [2.45, 2.75) is 62.5 Å². The zero-order chi connectivity index (χ0) is 23.8. The van der Waals surface area contributed by atoms with E-state index in [1.807, 2.05) is 0 Å². The van der Waals surface area contributed by atoms with E-state index >= 15 is 0 Å². The number of hydrogen-bond donors (Lipinski definition) is 3. The second kappa shape index (κ2) is 11.4. The lowest BCUT2D eigenvalue weighted by molar-refractivity contribution is -0.203. The number of unbranched alkanes of at least 4 members (excludes halogenated alkanes) is 2. The van der Waals surface area contributed by atoms with Crippen LogP contribution in [0.15, 0.2) is 0 Å². The van der Waals surface area contributed by atoms with Gasteiger partial charge in [0.1, 0.15) is 0 Å². The van der Waals surface area contributed by atoms with Crippen molar-refractivity contribution in [3.8, 4) is 0 Å². The summed E-state index contributed by atoms with van der Waals surface area (Å²) < 4.78 is 78.8. The molecule has 0 aromatic carbocycles. The highest BCUT2D eigenvalue weighted by Crippen LogP contribution is 2.34. The summed E-state index contributed by atoms with van der Waals surface area (Å²) in [5.74, 6) is -8.01. The van der Waals surface area contributed by atoms with Crippen LogP contribution in [0.25, 0.3) is 0 Å². The molecule has 0 spiro atoms. The van der Waals surface area contributed by atoms with E-state index in [4.69, 9.17) is 17.2 Å². The third-order valence-electron chi connectivity index (χ3n) is 4.21. The van der Waals surface area contributed by atoms with E-state index in [1.165, 1.54) is 0 Å². The van der Waals surface area contributed by atoms with Gasteiger partial charge in [0.05, 0.1) is 6.04 Å². The molecule has 14 heteroatoms. The lowest BCUT2D eigenvalue weighted by atomic mass is 9.85. The first-order valence-electron chi connectivity index (χ1n) is 8.89. The quantitative estimate of drug-likeness (QED) is 0.170. The first-order chi connectivity index (χ1) is 13.7. The smallest absolute Gasteiger partial charge is 0.330 e. The first kappa shape index (κ1) is 27.9. The van der Waals surface area contributed by atoms with Crippen molar-refractivity contribution >= 4 is 23.9 Å². The minimum absolute atomic E-state index is 0.0917. The summed E-state index contributed by atoms with van der Waals surface area (Å²) in [4.78, 5) is 47.1. The summed E-state index contributed by atoms with van der Waals surface area (Å²) in [6.07, 6.45) is -14.1. The average Bonchev–Trinajstić information content (AvgIpc) is 2.64. The van der Waals surface area contributed by atoms with Crippen molar-refractivity contribution < 1.29 is 45.5 Å². The second-order valence-electron chi connectivity index (χ2n) is 6.48. The van der Waals surface area contributed by atoms with E-state index in [9.17, 15) is 45.5 Å². The summed E-state index contributed by atoms with van der Waals surface area (Å²) in [6.45, 7) is 0.00490. The van der Waals surface area contributed by atoms with Gasteiger partial charge in [-0.05, 0) is 45.2 Å². The summed E-state index contributed by atoms with van der Waals surface area (Å²) in [5.41, 5.74) is 12.1. The van der Waals surface area contributed by atoms with Gasteiger partial charge in [-0.1, -0.05) is 6.42 Å². The van der Waals surface area contributed by atoms with Gasteiger partial charge in [-0.3, -0.25) is 19.3 Å². The van der Waals surface area contributed by atoms with Crippen LogP contribution in [0, 0.1) is 0 Å². The minimum atomic E-state index is -5.86. The number of nitrogens with zero attached hydrogens (tertiary/aromatic N) is 1. The molecule has 0 aromatic rings. The SMILES string of the molecule is NCCCC[C@H](N)C(=O)N(C(=O)C(F)(F)F)[C@](C=O)(CCCCN)C(=O)C(F)(F)F. The fraction of sp³-hybridized carbons (Fsp3) is 0.750. The van der Waals surface area contributed by atoms with Crippen molar-refractivity contribution in [3.05, 3.63) is 0 Å². The Balaban J connectivity index is 6.51. The summed E-state index contributed by atoms with van der Waals surface area (Å²) in [7, 11) is 0. The zero-order valence-corrected chi connectivity index (χ0v) is 15.9. The summed E-state index contributed by atoms with van der Waals surface area (Å²) in [5, 5.41) is 0. The molecule has 0 aliphatic carbocycles. The Labute approximate surface area is 168 Å². The molecule has 0 aliphatic rings. The third kappa shape index (κ3) is 7.02. The highest BCUT2D eigenvalue weighted by atomic mass is 19.4. The number of hydrogen-bond acceptors (Lipinski definition) is 7. The average molecular weight is 450 g/mol. The maximum Gasteiger partial charge on any atom is 0.471 e. The van der Waals surface area contributed by atoms with Crippen molar-refractivity contribution in [2.75, 3.05) is 13.1 Å². The number of nitrogens with two attached hydrogens (primary N) is 3. The van der Waals surface area contributed by atoms with Crippen molar-refractivity contribution in [1.29, 1.82) is 0 Å². The third-order valence-corrected chi connectivity index (χ3v) is 4.21. The Hall–Kier alpha value is -2.06. The van der Waals surface area contributed by atoms with E-state index in [0.29, 0.717) is 0 Å². The van der Waals surface area contributed by atoms with E-state index in [1.54, 1.807) is 0 Å². The molecule has 8 nitrogen and oxygen atoms in total. The number of amides is 2. The lowest BCUT2D eigenvalue weighted by Gasteiger charge is -2.39. The molecule has 0 saturated carbocycles. The Morgan fingerprint density at radius 3 is 1.77 bits per heavy atom. The van der Waals surface area contributed by atoms with Crippen LogP contribution in [0.1, 0.15) is 38.5 Å². The molecule has 0 saturated heterocycles. The highest BCUT2D eigenvalue weighted by molar-refractivity contribution is 6.14. The van der Waals surface area contributed by atoms with Crippen LogP contribution in [-0.4, -0.2) is 65.8 Å². The van der Waals surface area contributed by atoms with Crippen molar-refractivity contribution in [2.24, 2.45) is 17.2 Å². The van der Waals surface area contributed by atoms with Gasteiger partial charge in [-0.2, -0.15) is 26.3 Å². The van der Waals surface area contributed by atoms with E-state index in [0.717, 1.165) is 0 Å². The molecule has 0 aromatic heterocycles. The number of aldehydes is 1. The van der Waals surface area contributed by atoms with Gasteiger partial charge in [0, 0.05) is 0 Å². The summed E-state index contributed by atoms with van der Waals surface area (Å²) >= 11 is 0. The van der Waals surface area contributed by atoms with Crippen LogP contribution in [0.3, 0.4) is 0 Å². The number of Topliss-reactive ketones (excluding diaryl/α,β-unsaturated/α-hetero) is 1. The van der Waals surface area contributed by atoms with Gasteiger partial charge >= 0.3 is 18.3 Å². The molecule has 0 radical (unpaired) electrons. The Morgan fingerprint density at radius 1 is 0.867 bits per heavy atom. The van der Waals surface area contributed by atoms with Gasteiger partial charge < -0.3 is 22.0 Å². The molecule has 0 unspecified atom stereocenters. The van der Waals surface area contributed by atoms with Crippen molar-refractivity contribution in [3.63, 3.8) is 0 Å². The molecule has 0 fully saturated rings. The molecule has 30 heavy (non-hydrogen) atoms. The predicted molar refractivity (Wildman–Crippen MR) is 91.6 cm³/mol. The number of carbonyl (C=O) groups is 4. The number of ketones is 1. The monoisotopic (exact) mass is 450 g/mol. The van der Waals surface area contributed by atoms with E-state index in [-0.39, 0.29) is 38.8 Å². The standard InChI is InChI=1S/C16H24F6N4O4/c17-15(18,19)12(29)14(9-27,6-2-4-8-24)26(13(30)16(20,21)22)11(28)10(25)5-1-3-7-23/h9-10H,1-8,23-25H2/t10-,14-/m0/s1. The number of alkyl halides is 6. The Kier molecular flexibility index (Phi) is 10.6. The minimum Gasteiger partial charge on any atom is -0.330 e. The van der Waals surface area contributed by atoms with Crippen LogP contribution in [0.5, 0.6) is 0 Å². The van der Waals surface area contributed by atoms with Crippen LogP contribution >= 0.6 is 0 Å². The van der Waals surface area contributed by atoms with Crippen molar-refractivity contribution in [1.82, 2.24) is 4.90 Å². The molecular weight excluding hydrogens is 426 g/mol. The van der Waals surface area contributed by atoms with E-state index in [2.05, 4.69) is 0 Å². The molecule has 0 bridgehead atoms. The van der Waals surface area contributed by atoms with Crippen LogP contribution in [0.4, 0.5) is 26.3 Å². The molecule has 0 heterocycles. The number of halogens is 6. The van der Waals surface area contributed by atoms with Gasteiger partial charge in [0.15, 0.2) is 11.8 Å².